The Morgan fingerprint density at radius 2 is 1.59 bits per heavy atom. The highest BCUT2D eigenvalue weighted by molar-refractivity contribution is 5.97. The van der Waals surface area contributed by atoms with Crippen molar-refractivity contribution >= 4 is 5.78 Å². The maximum absolute atomic E-state index is 13.3. The summed E-state index contributed by atoms with van der Waals surface area (Å²) in [5.74, 6) is 3.67. The number of aryl methyl sites for hydroxylation is 4. The molecule has 0 amide bonds. The first-order valence-electron chi connectivity index (χ1n) is 16.7. The average molecular weight is 529 g/mol. The molecule has 0 heterocycles. The quantitative estimate of drug-likeness (QED) is 0.296. The van der Waals surface area contributed by atoms with Crippen molar-refractivity contribution in [3.05, 3.63) is 69.8 Å². The van der Waals surface area contributed by atoms with Crippen molar-refractivity contribution in [2.75, 3.05) is 0 Å². The van der Waals surface area contributed by atoms with E-state index in [1.54, 1.807) is 0 Å². The smallest absolute Gasteiger partial charge is 0.163 e. The van der Waals surface area contributed by atoms with E-state index in [9.17, 15) is 4.79 Å². The molecule has 214 valence electrons. The minimum absolute atomic E-state index is 0.364. The fourth-order valence-electron chi connectivity index (χ4n) is 7.51. The molecule has 0 radical (unpaired) electrons. The van der Waals surface area contributed by atoms with Crippen LogP contribution in [0.4, 0.5) is 0 Å². The highest BCUT2D eigenvalue weighted by Crippen LogP contribution is 2.35. The monoisotopic (exact) mass is 528 g/mol. The van der Waals surface area contributed by atoms with Gasteiger partial charge in [0.05, 0.1) is 0 Å². The Hall–Kier alpha value is -1.89. The van der Waals surface area contributed by atoms with Gasteiger partial charge in [-0.05, 0) is 96.4 Å². The zero-order chi connectivity index (χ0) is 27.6. The zero-order valence-electron chi connectivity index (χ0n) is 25.7. The molecular formula is C38H56O. The summed E-state index contributed by atoms with van der Waals surface area (Å²) in [4.78, 5) is 13.3. The molecule has 1 nitrogen and oxygen atoms in total. The van der Waals surface area contributed by atoms with Crippen molar-refractivity contribution in [3.63, 3.8) is 0 Å². The summed E-state index contributed by atoms with van der Waals surface area (Å²) in [6.45, 7) is 9.23. The van der Waals surface area contributed by atoms with Crippen molar-refractivity contribution in [1.29, 1.82) is 0 Å². The molecule has 5 rings (SSSR count). The number of carbonyl (C=O) groups excluding carboxylic acids is 1. The summed E-state index contributed by atoms with van der Waals surface area (Å²) in [6, 6.07) is 13.7. The van der Waals surface area contributed by atoms with Crippen LogP contribution < -0.4 is 0 Å². The summed E-state index contributed by atoms with van der Waals surface area (Å²) >= 11 is 0. The maximum Gasteiger partial charge on any atom is 0.163 e. The third kappa shape index (κ3) is 8.80. The molecule has 2 fully saturated rings. The summed E-state index contributed by atoms with van der Waals surface area (Å²) in [7, 11) is 0. The van der Waals surface area contributed by atoms with Crippen LogP contribution in [0.25, 0.3) is 0 Å². The lowest BCUT2D eigenvalue weighted by atomic mass is 9.79. The lowest BCUT2D eigenvalue weighted by Gasteiger charge is -2.25. The normalized spacial score (nSPS) is 23.1. The van der Waals surface area contributed by atoms with E-state index in [0.29, 0.717) is 18.1 Å². The molecule has 2 aromatic carbocycles. The minimum Gasteiger partial charge on any atom is -0.294 e. The zero-order valence-corrected chi connectivity index (χ0v) is 25.7. The Morgan fingerprint density at radius 1 is 0.795 bits per heavy atom. The Kier molecular flexibility index (Phi) is 11.7. The van der Waals surface area contributed by atoms with Crippen LogP contribution in [-0.2, 0) is 32.1 Å². The summed E-state index contributed by atoms with van der Waals surface area (Å²) in [6.07, 6.45) is 21.4. The number of hydrogen-bond acceptors (Lipinski definition) is 1. The summed E-state index contributed by atoms with van der Waals surface area (Å²) in [5.41, 5.74) is 8.14. The molecule has 3 aliphatic carbocycles. The van der Waals surface area contributed by atoms with Gasteiger partial charge in [0.15, 0.2) is 5.78 Å². The van der Waals surface area contributed by atoms with Crippen LogP contribution in [0.2, 0.25) is 0 Å². The molecule has 1 heteroatoms. The third-order valence-corrected chi connectivity index (χ3v) is 10.2. The molecular weight excluding hydrogens is 472 g/mol. The SMILES string of the molecule is CC1CCCCC1.CCCc1cc(CC[C@@H]2CCCC2C)ccc1C(=O)C[C@H]1CCc2cc(CC)ccc2C1. The third-order valence-electron chi connectivity index (χ3n) is 10.2. The van der Waals surface area contributed by atoms with Gasteiger partial charge in [-0.2, -0.15) is 0 Å². The number of fused-ring (bicyclic) bond motifs is 1. The van der Waals surface area contributed by atoms with Gasteiger partial charge < -0.3 is 0 Å². The highest BCUT2D eigenvalue weighted by atomic mass is 16.1. The fourth-order valence-corrected chi connectivity index (χ4v) is 7.51. The van der Waals surface area contributed by atoms with Crippen LogP contribution >= 0.6 is 0 Å². The topological polar surface area (TPSA) is 17.1 Å². The lowest BCUT2D eigenvalue weighted by molar-refractivity contribution is 0.0956. The number of carbonyl (C=O) groups is 1. The van der Waals surface area contributed by atoms with Crippen LogP contribution in [0.15, 0.2) is 36.4 Å². The van der Waals surface area contributed by atoms with E-state index in [1.165, 1.54) is 92.0 Å². The first-order valence-corrected chi connectivity index (χ1v) is 16.7. The summed E-state index contributed by atoms with van der Waals surface area (Å²) < 4.78 is 0. The molecule has 0 spiro atoms. The molecule has 0 bridgehead atoms. The number of Topliss-reactive ketones (excluding diaryl/α,β-unsaturated/α-hetero) is 1. The summed E-state index contributed by atoms with van der Waals surface area (Å²) in [5, 5.41) is 0. The Bertz CT molecular complexity index is 1040. The van der Waals surface area contributed by atoms with E-state index in [4.69, 9.17) is 0 Å². The molecule has 2 aromatic rings. The second kappa shape index (κ2) is 15.2. The van der Waals surface area contributed by atoms with Gasteiger partial charge in [-0.25, -0.2) is 0 Å². The van der Waals surface area contributed by atoms with Crippen molar-refractivity contribution in [2.24, 2.45) is 23.7 Å². The van der Waals surface area contributed by atoms with Crippen LogP contribution in [-0.4, -0.2) is 5.78 Å². The van der Waals surface area contributed by atoms with Gasteiger partial charge in [0.1, 0.15) is 0 Å². The van der Waals surface area contributed by atoms with Crippen LogP contribution in [0.1, 0.15) is 143 Å². The first kappa shape index (κ1) is 30.1. The second-order valence-electron chi connectivity index (χ2n) is 13.4. The molecule has 0 saturated heterocycles. The van der Waals surface area contributed by atoms with E-state index >= 15 is 0 Å². The van der Waals surface area contributed by atoms with Crippen molar-refractivity contribution in [1.82, 2.24) is 0 Å². The minimum atomic E-state index is 0.364. The first-order chi connectivity index (χ1) is 19.0. The molecule has 3 atom stereocenters. The van der Waals surface area contributed by atoms with E-state index in [2.05, 4.69) is 64.1 Å². The largest absolute Gasteiger partial charge is 0.294 e. The predicted molar refractivity (Wildman–Crippen MR) is 168 cm³/mol. The second-order valence-corrected chi connectivity index (χ2v) is 13.4. The number of hydrogen-bond donors (Lipinski definition) is 0. The standard InChI is InChI=1S/C31H42O.C7H14/c1-4-7-29-19-24(11-14-26-9-6-8-22(26)3)13-17-30(29)31(32)21-25-12-16-27-18-23(5-2)10-15-28(27)20-25;1-7-5-3-2-4-6-7/h10,13,15,17-19,22,25-26H,4-9,11-12,14,16,20-21H2,1-3H3;7H,2-6H2,1H3/t22?,25-,26-;/m0./s1. The Morgan fingerprint density at radius 3 is 2.26 bits per heavy atom. The van der Waals surface area contributed by atoms with Gasteiger partial charge in [-0.1, -0.05) is 122 Å². The molecule has 0 N–H and O–H groups in total. The van der Waals surface area contributed by atoms with Gasteiger partial charge >= 0.3 is 0 Å². The molecule has 2 saturated carbocycles. The number of rotatable bonds is 9. The Balaban J connectivity index is 0.000000438. The van der Waals surface area contributed by atoms with Gasteiger partial charge in [0, 0.05) is 12.0 Å². The maximum atomic E-state index is 13.3. The average Bonchev–Trinajstić information content (AvgIpc) is 3.37. The predicted octanol–water partition coefficient (Wildman–Crippen LogP) is 10.5. The van der Waals surface area contributed by atoms with E-state index in [-0.39, 0.29) is 0 Å². The van der Waals surface area contributed by atoms with Gasteiger partial charge in [-0.15, -0.1) is 0 Å². The van der Waals surface area contributed by atoms with Crippen molar-refractivity contribution in [2.45, 2.75) is 137 Å². The molecule has 39 heavy (non-hydrogen) atoms. The highest BCUT2D eigenvalue weighted by Gasteiger charge is 2.24. The van der Waals surface area contributed by atoms with Crippen molar-refractivity contribution in [3.8, 4) is 0 Å². The molecule has 0 aliphatic heterocycles. The Labute approximate surface area is 240 Å². The van der Waals surface area contributed by atoms with Gasteiger partial charge in [0.25, 0.3) is 0 Å². The van der Waals surface area contributed by atoms with Crippen LogP contribution in [0.3, 0.4) is 0 Å². The molecule has 0 aromatic heterocycles. The molecule has 3 aliphatic rings. The van der Waals surface area contributed by atoms with E-state index in [1.807, 2.05) is 0 Å². The number of benzene rings is 2. The van der Waals surface area contributed by atoms with Crippen molar-refractivity contribution < 1.29 is 4.79 Å². The fraction of sp³-hybridized carbons (Fsp3) is 0.658. The molecule has 1 unspecified atom stereocenters. The van der Waals surface area contributed by atoms with Gasteiger partial charge in [-0.3, -0.25) is 4.79 Å². The lowest BCUT2D eigenvalue weighted by Crippen LogP contribution is -2.19. The van der Waals surface area contributed by atoms with Gasteiger partial charge in [0.2, 0.25) is 0 Å². The van der Waals surface area contributed by atoms with E-state index in [0.717, 1.165) is 61.8 Å². The van der Waals surface area contributed by atoms with Crippen LogP contribution in [0, 0.1) is 23.7 Å². The van der Waals surface area contributed by atoms with E-state index < -0.39 is 0 Å². The number of ketones is 1. The van der Waals surface area contributed by atoms with Crippen LogP contribution in [0.5, 0.6) is 0 Å².